The van der Waals surface area contributed by atoms with Crippen molar-refractivity contribution in [2.45, 2.75) is 33.1 Å². The van der Waals surface area contributed by atoms with Crippen LogP contribution in [0.2, 0.25) is 0 Å². The van der Waals surface area contributed by atoms with E-state index < -0.39 is 0 Å². The minimum atomic E-state index is -0.361. The van der Waals surface area contributed by atoms with Crippen LogP contribution >= 0.6 is 12.4 Å². The Morgan fingerprint density at radius 1 is 1.20 bits per heavy atom. The van der Waals surface area contributed by atoms with Crippen LogP contribution < -0.4 is 9.47 Å². The van der Waals surface area contributed by atoms with Gasteiger partial charge in [0.05, 0.1) is 12.8 Å². The number of aryl methyl sites for hydroxylation is 2. The fraction of sp³-hybridized carbons (Fsp3) is 0.300. The summed E-state index contributed by atoms with van der Waals surface area (Å²) in [5, 5.41) is 0. The van der Waals surface area contributed by atoms with Gasteiger partial charge in [0.15, 0.2) is 11.5 Å². The molecule has 1 aliphatic carbocycles. The third-order valence-electron chi connectivity index (χ3n) is 4.08. The fourth-order valence-electron chi connectivity index (χ4n) is 3.05. The lowest BCUT2D eigenvalue weighted by Gasteiger charge is -2.18. The number of fused-ring (bicyclic) bond motifs is 1. The van der Waals surface area contributed by atoms with E-state index >= 15 is 0 Å². The first-order valence-electron chi connectivity index (χ1n) is 8.10. The third kappa shape index (κ3) is 4.40. The predicted molar refractivity (Wildman–Crippen MR) is 101 cm³/mol. The summed E-state index contributed by atoms with van der Waals surface area (Å²) < 4.78 is 10.5. The number of ether oxygens (including phenoxy) is 2. The molecule has 1 aromatic carbocycles. The molecule has 1 aliphatic rings. The molecular formula is C20H22ClNO3. The Morgan fingerprint density at radius 3 is 2.72 bits per heavy atom. The van der Waals surface area contributed by atoms with Crippen LogP contribution in [0.1, 0.15) is 42.1 Å². The van der Waals surface area contributed by atoms with Crippen LogP contribution in [0.15, 0.2) is 30.5 Å². The standard InChI is InChI=1S/C20H21NO3.ClH/c1-13-9-16-5-4-6-17(20(16)21-12-13)10-15-7-8-18(24-14(2)22)19(11-15)23-3;/h7-12H,4-6H2,1-3H3;1H/b17-10+;. The Hall–Kier alpha value is -2.33. The molecule has 25 heavy (non-hydrogen) atoms. The number of halogens is 1. The van der Waals surface area contributed by atoms with Crippen LogP contribution in [0.25, 0.3) is 11.6 Å². The molecule has 0 bridgehead atoms. The average molecular weight is 360 g/mol. The van der Waals surface area contributed by atoms with Gasteiger partial charge in [-0.25, -0.2) is 0 Å². The van der Waals surface area contributed by atoms with Gasteiger partial charge in [-0.2, -0.15) is 0 Å². The fourth-order valence-corrected chi connectivity index (χ4v) is 3.05. The lowest BCUT2D eigenvalue weighted by atomic mass is 9.89. The molecular weight excluding hydrogens is 338 g/mol. The summed E-state index contributed by atoms with van der Waals surface area (Å²) in [6.07, 6.45) is 7.28. The number of methoxy groups -OCH3 is 1. The number of esters is 1. The molecule has 0 saturated heterocycles. The number of carbonyl (C=O) groups is 1. The number of carbonyl (C=O) groups excluding carboxylic acids is 1. The van der Waals surface area contributed by atoms with Crippen molar-refractivity contribution in [3.05, 3.63) is 52.8 Å². The van der Waals surface area contributed by atoms with Crippen molar-refractivity contribution in [1.29, 1.82) is 0 Å². The van der Waals surface area contributed by atoms with Gasteiger partial charge < -0.3 is 9.47 Å². The summed E-state index contributed by atoms with van der Waals surface area (Å²) in [6, 6.07) is 7.79. The zero-order valence-electron chi connectivity index (χ0n) is 14.7. The molecule has 0 amide bonds. The third-order valence-corrected chi connectivity index (χ3v) is 4.08. The van der Waals surface area contributed by atoms with Gasteiger partial charge in [-0.15, -0.1) is 12.4 Å². The minimum absolute atomic E-state index is 0. The van der Waals surface area contributed by atoms with Crippen molar-refractivity contribution in [3.8, 4) is 11.5 Å². The molecule has 0 spiro atoms. The van der Waals surface area contributed by atoms with Crippen molar-refractivity contribution in [1.82, 2.24) is 4.98 Å². The quantitative estimate of drug-likeness (QED) is 0.592. The molecule has 3 rings (SSSR count). The van der Waals surface area contributed by atoms with Gasteiger partial charge in [-0.1, -0.05) is 12.1 Å². The molecule has 1 heterocycles. The topological polar surface area (TPSA) is 48.4 Å². The molecule has 0 aliphatic heterocycles. The number of hydrogen-bond acceptors (Lipinski definition) is 4. The van der Waals surface area contributed by atoms with E-state index in [0.717, 1.165) is 30.5 Å². The second-order valence-electron chi connectivity index (χ2n) is 6.05. The smallest absolute Gasteiger partial charge is 0.308 e. The molecule has 0 unspecified atom stereocenters. The molecule has 4 nitrogen and oxygen atoms in total. The van der Waals surface area contributed by atoms with E-state index in [-0.39, 0.29) is 18.4 Å². The SMILES string of the molecule is COc1cc(/C=C2\CCCc3cc(C)cnc32)ccc1OC(C)=O.Cl. The number of pyridine rings is 1. The first-order valence-corrected chi connectivity index (χ1v) is 8.10. The van der Waals surface area contributed by atoms with Gasteiger partial charge >= 0.3 is 5.97 Å². The van der Waals surface area contributed by atoms with Crippen LogP contribution in [0, 0.1) is 6.92 Å². The van der Waals surface area contributed by atoms with Crippen LogP contribution in [-0.4, -0.2) is 18.1 Å². The summed E-state index contributed by atoms with van der Waals surface area (Å²) >= 11 is 0. The summed E-state index contributed by atoms with van der Waals surface area (Å²) in [7, 11) is 1.57. The second kappa shape index (κ2) is 8.17. The van der Waals surface area contributed by atoms with Crippen molar-refractivity contribution >= 4 is 30.0 Å². The van der Waals surface area contributed by atoms with Gasteiger partial charge in [0.25, 0.3) is 0 Å². The highest BCUT2D eigenvalue weighted by molar-refractivity contribution is 5.85. The van der Waals surface area contributed by atoms with E-state index in [4.69, 9.17) is 9.47 Å². The van der Waals surface area contributed by atoms with Crippen LogP contribution in [0.4, 0.5) is 0 Å². The molecule has 0 fully saturated rings. The number of rotatable bonds is 3. The van der Waals surface area contributed by atoms with E-state index in [2.05, 4.69) is 24.1 Å². The van der Waals surface area contributed by atoms with Crippen LogP contribution in [0.5, 0.6) is 11.5 Å². The zero-order chi connectivity index (χ0) is 17.1. The molecule has 0 radical (unpaired) electrons. The van der Waals surface area contributed by atoms with E-state index in [1.807, 2.05) is 18.3 Å². The first kappa shape index (κ1) is 19.0. The number of allylic oxidation sites excluding steroid dienone is 1. The number of aromatic nitrogens is 1. The highest BCUT2D eigenvalue weighted by atomic mass is 35.5. The summed E-state index contributed by atoms with van der Waals surface area (Å²) in [4.78, 5) is 15.8. The number of benzene rings is 1. The monoisotopic (exact) mass is 359 g/mol. The highest BCUT2D eigenvalue weighted by Crippen LogP contribution is 2.33. The predicted octanol–water partition coefficient (Wildman–Crippen LogP) is 4.62. The Kier molecular flexibility index (Phi) is 6.21. The van der Waals surface area contributed by atoms with E-state index in [0.29, 0.717) is 11.5 Å². The molecule has 132 valence electrons. The lowest BCUT2D eigenvalue weighted by molar-refractivity contribution is -0.132. The Morgan fingerprint density at radius 2 is 2.00 bits per heavy atom. The minimum Gasteiger partial charge on any atom is -0.493 e. The van der Waals surface area contributed by atoms with Gasteiger partial charge in [0.1, 0.15) is 0 Å². The van der Waals surface area contributed by atoms with E-state index in [1.54, 1.807) is 13.2 Å². The number of hydrogen-bond donors (Lipinski definition) is 0. The van der Waals surface area contributed by atoms with Gasteiger partial charge in [-0.3, -0.25) is 9.78 Å². The van der Waals surface area contributed by atoms with Crippen molar-refractivity contribution in [2.24, 2.45) is 0 Å². The summed E-state index contributed by atoms with van der Waals surface area (Å²) in [5.41, 5.74) is 5.85. The second-order valence-corrected chi connectivity index (χ2v) is 6.05. The Labute approximate surface area is 154 Å². The highest BCUT2D eigenvalue weighted by Gasteiger charge is 2.16. The maximum absolute atomic E-state index is 11.1. The normalized spacial score (nSPS) is 14.4. The van der Waals surface area contributed by atoms with Crippen molar-refractivity contribution in [2.75, 3.05) is 7.11 Å². The Balaban J connectivity index is 0.00000225. The average Bonchev–Trinajstić information content (AvgIpc) is 2.55. The molecule has 0 atom stereocenters. The van der Waals surface area contributed by atoms with Crippen molar-refractivity contribution < 1.29 is 14.3 Å². The first-order chi connectivity index (χ1) is 11.6. The maximum Gasteiger partial charge on any atom is 0.308 e. The van der Waals surface area contributed by atoms with Crippen LogP contribution in [-0.2, 0) is 11.2 Å². The summed E-state index contributed by atoms with van der Waals surface area (Å²) in [6.45, 7) is 3.45. The van der Waals surface area contributed by atoms with Crippen molar-refractivity contribution in [3.63, 3.8) is 0 Å². The molecule has 0 saturated carbocycles. The largest absolute Gasteiger partial charge is 0.493 e. The van der Waals surface area contributed by atoms with Gasteiger partial charge in [0, 0.05) is 13.1 Å². The lowest BCUT2D eigenvalue weighted by Crippen LogP contribution is -2.05. The molecule has 5 heteroatoms. The van der Waals surface area contributed by atoms with Gasteiger partial charge in [-0.05, 0) is 66.7 Å². The van der Waals surface area contributed by atoms with Gasteiger partial charge in [0.2, 0.25) is 0 Å². The molecule has 2 aromatic rings. The Bertz CT molecular complexity index is 815. The molecule has 1 aromatic heterocycles. The maximum atomic E-state index is 11.1. The number of nitrogens with zero attached hydrogens (tertiary/aromatic N) is 1. The van der Waals surface area contributed by atoms with E-state index in [1.165, 1.54) is 23.6 Å². The zero-order valence-corrected chi connectivity index (χ0v) is 15.5. The van der Waals surface area contributed by atoms with E-state index in [9.17, 15) is 4.79 Å². The summed E-state index contributed by atoms with van der Waals surface area (Å²) in [5.74, 6) is 0.623. The van der Waals surface area contributed by atoms with Crippen LogP contribution in [0.3, 0.4) is 0 Å². The molecule has 0 N–H and O–H groups in total.